The van der Waals surface area contributed by atoms with Gasteiger partial charge >= 0.3 is 11.9 Å². The number of pyridine rings is 1. The second-order valence-corrected chi connectivity index (χ2v) is 6.28. The third-order valence-corrected chi connectivity index (χ3v) is 4.43. The molecular formula is C18H17ClFNO6. The monoisotopic (exact) mass is 397 g/mol. The van der Waals surface area contributed by atoms with Gasteiger partial charge in [0.1, 0.15) is 18.1 Å². The van der Waals surface area contributed by atoms with E-state index in [2.05, 4.69) is 4.74 Å². The maximum Gasteiger partial charge on any atom is 0.323 e. The van der Waals surface area contributed by atoms with Crippen LogP contribution in [-0.2, 0) is 20.9 Å². The molecule has 9 heteroatoms. The van der Waals surface area contributed by atoms with E-state index in [1.807, 2.05) is 0 Å². The molecule has 0 saturated heterocycles. The quantitative estimate of drug-likeness (QED) is 0.725. The zero-order valence-corrected chi connectivity index (χ0v) is 15.3. The number of hydrogen-bond donors (Lipinski definition) is 2. The van der Waals surface area contributed by atoms with Crippen molar-refractivity contribution < 1.29 is 28.9 Å². The molecule has 0 fully saturated rings. The van der Waals surface area contributed by atoms with Crippen molar-refractivity contribution in [2.75, 3.05) is 7.11 Å². The lowest BCUT2D eigenvalue weighted by Gasteiger charge is -2.21. The van der Waals surface area contributed by atoms with Gasteiger partial charge in [-0.05, 0) is 30.7 Å². The van der Waals surface area contributed by atoms with Gasteiger partial charge in [-0.3, -0.25) is 14.4 Å². The van der Waals surface area contributed by atoms with Crippen LogP contribution in [0.2, 0.25) is 5.02 Å². The minimum atomic E-state index is -1.25. The Hall–Kier alpha value is -2.87. The Bertz CT molecular complexity index is 956. The summed E-state index contributed by atoms with van der Waals surface area (Å²) in [5.74, 6) is -4.03. The first-order chi connectivity index (χ1) is 12.6. The smallest absolute Gasteiger partial charge is 0.323 e. The lowest BCUT2D eigenvalue weighted by molar-refractivity contribution is -0.141. The van der Waals surface area contributed by atoms with Gasteiger partial charge in [0, 0.05) is 16.6 Å². The number of rotatable bonds is 6. The second-order valence-electron chi connectivity index (χ2n) is 5.87. The molecule has 0 radical (unpaired) electrons. The summed E-state index contributed by atoms with van der Waals surface area (Å²) in [6, 6.07) is 4.64. The number of ether oxygens (including phenoxy) is 1. The summed E-state index contributed by atoms with van der Waals surface area (Å²) in [5.41, 5.74) is -0.558. The van der Waals surface area contributed by atoms with Crippen molar-refractivity contribution in [1.29, 1.82) is 0 Å². The molecule has 1 aromatic heterocycles. The maximum absolute atomic E-state index is 13.4. The van der Waals surface area contributed by atoms with Crippen molar-refractivity contribution in [3.8, 4) is 5.75 Å². The van der Waals surface area contributed by atoms with Crippen LogP contribution in [0.5, 0.6) is 5.75 Å². The Morgan fingerprint density at radius 3 is 2.56 bits per heavy atom. The molecule has 0 saturated carbocycles. The van der Waals surface area contributed by atoms with Crippen molar-refractivity contribution in [3.05, 3.63) is 62.3 Å². The second kappa shape index (κ2) is 8.22. The van der Waals surface area contributed by atoms with Crippen LogP contribution < -0.4 is 5.56 Å². The van der Waals surface area contributed by atoms with E-state index in [1.165, 1.54) is 19.1 Å². The first-order valence-electron chi connectivity index (χ1n) is 7.82. The fourth-order valence-electron chi connectivity index (χ4n) is 2.83. The van der Waals surface area contributed by atoms with Crippen LogP contribution in [0.15, 0.2) is 29.1 Å². The van der Waals surface area contributed by atoms with E-state index in [1.54, 1.807) is 0 Å². The number of nitrogens with zero attached hydrogens (tertiary/aromatic N) is 1. The third kappa shape index (κ3) is 4.46. The number of esters is 1. The van der Waals surface area contributed by atoms with Crippen LogP contribution in [0.4, 0.5) is 4.39 Å². The Morgan fingerprint density at radius 2 is 2.00 bits per heavy atom. The largest absolute Gasteiger partial charge is 0.507 e. The predicted octanol–water partition coefficient (Wildman–Crippen LogP) is 2.43. The van der Waals surface area contributed by atoms with Crippen molar-refractivity contribution in [1.82, 2.24) is 4.57 Å². The third-order valence-electron chi connectivity index (χ3n) is 4.10. The molecule has 2 rings (SSSR count). The first-order valence-corrected chi connectivity index (χ1v) is 8.20. The van der Waals surface area contributed by atoms with Crippen LogP contribution in [0.1, 0.15) is 29.2 Å². The number of aromatic hydroxyl groups is 1. The van der Waals surface area contributed by atoms with Crippen molar-refractivity contribution in [2.45, 2.75) is 25.8 Å². The fourth-order valence-corrected chi connectivity index (χ4v) is 3.13. The van der Waals surface area contributed by atoms with Crippen LogP contribution in [0.25, 0.3) is 0 Å². The highest BCUT2D eigenvalue weighted by atomic mass is 35.5. The zero-order valence-electron chi connectivity index (χ0n) is 14.5. The maximum atomic E-state index is 13.4. The Labute approximate surface area is 158 Å². The lowest BCUT2D eigenvalue weighted by atomic mass is 9.88. The molecule has 144 valence electrons. The molecular weight excluding hydrogens is 381 g/mol. The van der Waals surface area contributed by atoms with Crippen molar-refractivity contribution in [3.63, 3.8) is 0 Å². The molecule has 1 aromatic carbocycles. The number of aliphatic carboxylic acids is 1. The standard InChI is InChI=1S/C18H17ClFNO6/c1-9-5-14(22)17(18(26)21(9)8-15(23)24)12(7-16(25)27-2)11-4-3-10(20)6-13(11)19/h3-6,12,22H,7-8H2,1-2H3,(H,23,24). The number of carbonyl (C=O) groups is 2. The molecule has 7 nitrogen and oxygen atoms in total. The van der Waals surface area contributed by atoms with E-state index in [-0.39, 0.29) is 28.3 Å². The van der Waals surface area contributed by atoms with Gasteiger partial charge in [-0.25, -0.2) is 4.39 Å². The molecule has 1 atom stereocenters. The summed E-state index contributed by atoms with van der Waals surface area (Å²) in [4.78, 5) is 35.8. The topological polar surface area (TPSA) is 106 Å². The van der Waals surface area contributed by atoms with Gasteiger partial charge in [-0.1, -0.05) is 17.7 Å². The molecule has 0 amide bonds. The number of benzene rings is 1. The molecule has 0 aliphatic rings. The average molecular weight is 398 g/mol. The molecule has 2 aromatic rings. The molecule has 0 aliphatic heterocycles. The molecule has 0 bridgehead atoms. The lowest BCUT2D eigenvalue weighted by Crippen LogP contribution is -2.31. The minimum absolute atomic E-state index is 0.0481. The minimum Gasteiger partial charge on any atom is -0.507 e. The predicted molar refractivity (Wildman–Crippen MR) is 94.6 cm³/mol. The van der Waals surface area contributed by atoms with E-state index in [0.717, 1.165) is 23.8 Å². The molecule has 1 heterocycles. The molecule has 0 spiro atoms. The summed E-state index contributed by atoms with van der Waals surface area (Å²) in [5, 5.41) is 19.3. The number of halogens is 2. The molecule has 1 unspecified atom stereocenters. The van der Waals surface area contributed by atoms with Crippen LogP contribution >= 0.6 is 11.6 Å². The summed E-state index contributed by atoms with van der Waals surface area (Å²) >= 11 is 6.08. The van der Waals surface area contributed by atoms with Gasteiger partial charge in [0.25, 0.3) is 5.56 Å². The van der Waals surface area contributed by atoms with Crippen LogP contribution in [0.3, 0.4) is 0 Å². The van der Waals surface area contributed by atoms with Crippen LogP contribution in [-0.4, -0.2) is 33.8 Å². The van der Waals surface area contributed by atoms with Gasteiger partial charge in [0.15, 0.2) is 0 Å². The zero-order chi connectivity index (χ0) is 20.3. The highest BCUT2D eigenvalue weighted by Crippen LogP contribution is 2.36. The van der Waals surface area contributed by atoms with E-state index >= 15 is 0 Å². The van der Waals surface area contributed by atoms with E-state index in [0.29, 0.717) is 0 Å². The Morgan fingerprint density at radius 1 is 1.33 bits per heavy atom. The van der Waals surface area contributed by atoms with Crippen molar-refractivity contribution in [2.24, 2.45) is 0 Å². The molecule has 2 N–H and O–H groups in total. The van der Waals surface area contributed by atoms with E-state index < -0.39 is 41.5 Å². The highest BCUT2D eigenvalue weighted by Gasteiger charge is 2.28. The highest BCUT2D eigenvalue weighted by molar-refractivity contribution is 6.31. The number of carboxylic acid groups (broad SMARTS) is 1. The number of hydrogen-bond acceptors (Lipinski definition) is 5. The normalized spacial score (nSPS) is 11.9. The molecule has 27 heavy (non-hydrogen) atoms. The van der Waals surface area contributed by atoms with Crippen molar-refractivity contribution >= 4 is 23.5 Å². The number of aromatic nitrogens is 1. The van der Waals surface area contributed by atoms with Gasteiger partial charge in [-0.2, -0.15) is 0 Å². The number of carbonyl (C=O) groups excluding carboxylic acids is 1. The van der Waals surface area contributed by atoms with Gasteiger partial charge in [-0.15, -0.1) is 0 Å². The number of methoxy groups -OCH3 is 1. The average Bonchev–Trinajstić information content (AvgIpc) is 2.57. The summed E-state index contributed by atoms with van der Waals surface area (Å²) < 4.78 is 19.0. The summed E-state index contributed by atoms with van der Waals surface area (Å²) in [6.07, 6.45) is -0.360. The van der Waals surface area contributed by atoms with Crippen LogP contribution in [0, 0.1) is 12.7 Å². The Kier molecular flexibility index (Phi) is 6.22. The Balaban J connectivity index is 2.74. The van der Waals surface area contributed by atoms with E-state index in [4.69, 9.17) is 16.7 Å². The SMILES string of the molecule is COC(=O)CC(c1ccc(F)cc1Cl)c1c(O)cc(C)n(CC(=O)O)c1=O. The molecule has 0 aliphatic carbocycles. The number of carboxylic acids is 1. The summed E-state index contributed by atoms with van der Waals surface area (Å²) in [6.45, 7) is 0.841. The number of aryl methyl sites for hydroxylation is 1. The van der Waals surface area contributed by atoms with Gasteiger partial charge in [0.05, 0.1) is 19.1 Å². The van der Waals surface area contributed by atoms with Gasteiger partial charge < -0.3 is 19.5 Å². The van der Waals surface area contributed by atoms with E-state index in [9.17, 15) is 23.9 Å². The first kappa shape index (κ1) is 20.4. The van der Waals surface area contributed by atoms with Gasteiger partial charge in [0.2, 0.25) is 0 Å². The fraction of sp³-hybridized carbons (Fsp3) is 0.278. The summed E-state index contributed by atoms with van der Waals surface area (Å²) in [7, 11) is 1.16.